The fourth-order valence-electron chi connectivity index (χ4n) is 2.21. The van der Waals surface area contributed by atoms with Crippen LogP contribution in [0.25, 0.3) is 0 Å². The molecule has 1 aliphatic heterocycles. The molecule has 1 atom stereocenters. The second-order valence-electron chi connectivity index (χ2n) is 4.89. The van der Waals surface area contributed by atoms with Gasteiger partial charge in [-0.15, -0.1) is 0 Å². The Bertz CT molecular complexity index is 345. The monoisotopic (exact) mass is 253 g/mol. The van der Waals surface area contributed by atoms with Gasteiger partial charge in [0.25, 0.3) is 0 Å². The maximum absolute atomic E-state index is 5.87. The van der Waals surface area contributed by atoms with Crippen LogP contribution in [0.4, 0.5) is 0 Å². The molecule has 4 nitrogen and oxygen atoms in total. The van der Waals surface area contributed by atoms with Gasteiger partial charge < -0.3 is 13.9 Å². The lowest BCUT2D eigenvalue weighted by atomic mass is 10.1. The van der Waals surface area contributed by atoms with Gasteiger partial charge in [-0.05, 0) is 38.4 Å². The SMILES string of the molecule is COCCN(C)Cc1ccc(C2CCCCO2)o1. The molecule has 1 fully saturated rings. The van der Waals surface area contributed by atoms with E-state index in [0.29, 0.717) is 0 Å². The second-order valence-corrected chi connectivity index (χ2v) is 4.89. The molecule has 18 heavy (non-hydrogen) atoms. The number of hydrogen-bond donors (Lipinski definition) is 0. The van der Waals surface area contributed by atoms with Crippen molar-refractivity contribution in [3.8, 4) is 0 Å². The van der Waals surface area contributed by atoms with Gasteiger partial charge in [-0.1, -0.05) is 0 Å². The van der Waals surface area contributed by atoms with Gasteiger partial charge in [0.1, 0.15) is 17.6 Å². The first-order chi connectivity index (χ1) is 8.79. The summed E-state index contributed by atoms with van der Waals surface area (Å²) in [5.74, 6) is 1.97. The van der Waals surface area contributed by atoms with Crippen LogP contribution in [-0.2, 0) is 16.0 Å². The third-order valence-corrected chi connectivity index (χ3v) is 3.28. The Morgan fingerprint density at radius 2 is 2.28 bits per heavy atom. The van der Waals surface area contributed by atoms with Crippen LogP contribution in [0.3, 0.4) is 0 Å². The van der Waals surface area contributed by atoms with Gasteiger partial charge in [-0.2, -0.15) is 0 Å². The number of hydrogen-bond acceptors (Lipinski definition) is 4. The Hall–Kier alpha value is -0.840. The molecule has 1 unspecified atom stereocenters. The van der Waals surface area contributed by atoms with Crippen LogP contribution in [0.1, 0.15) is 36.9 Å². The van der Waals surface area contributed by atoms with E-state index in [-0.39, 0.29) is 6.10 Å². The fourth-order valence-corrected chi connectivity index (χ4v) is 2.21. The van der Waals surface area contributed by atoms with Crippen molar-refractivity contribution >= 4 is 0 Å². The largest absolute Gasteiger partial charge is 0.462 e. The second kappa shape index (κ2) is 6.92. The highest BCUT2D eigenvalue weighted by atomic mass is 16.5. The lowest BCUT2D eigenvalue weighted by molar-refractivity contribution is 0.000871. The van der Waals surface area contributed by atoms with Crippen molar-refractivity contribution in [3.05, 3.63) is 23.7 Å². The maximum atomic E-state index is 5.87. The highest BCUT2D eigenvalue weighted by Gasteiger charge is 2.19. The van der Waals surface area contributed by atoms with Crippen molar-refractivity contribution in [1.82, 2.24) is 4.90 Å². The van der Waals surface area contributed by atoms with Crippen molar-refractivity contribution in [3.63, 3.8) is 0 Å². The number of rotatable bonds is 6. The first-order valence-electron chi connectivity index (χ1n) is 6.67. The molecule has 0 aromatic carbocycles. The molecule has 1 saturated heterocycles. The topological polar surface area (TPSA) is 34.8 Å². The summed E-state index contributed by atoms with van der Waals surface area (Å²) in [4.78, 5) is 2.19. The summed E-state index contributed by atoms with van der Waals surface area (Å²) in [5, 5.41) is 0. The van der Waals surface area contributed by atoms with Crippen LogP contribution < -0.4 is 0 Å². The van der Waals surface area contributed by atoms with E-state index in [4.69, 9.17) is 13.9 Å². The summed E-state index contributed by atoms with van der Waals surface area (Å²) >= 11 is 0. The summed E-state index contributed by atoms with van der Waals surface area (Å²) in [6.45, 7) is 3.33. The van der Waals surface area contributed by atoms with Gasteiger partial charge >= 0.3 is 0 Å². The van der Waals surface area contributed by atoms with Gasteiger partial charge in [0.2, 0.25) is 0 Å². The Morgan fingerprint density at radius 3 is 3.00 bits per heavy atom. The van der Waals surface area contributed by atoms with Crippen molar-refractivity contribution in [2.24, 2.45) is 0 Å². The third-order valence-electron chi connectivity index (χ3n) is 3.28. The van der Waals surface area contributed by atoms with E-state index in [1.54, 1.807) is 7.11 Å². The molecule has 0 radical (unpaired) electrons. The summed E-state index contributed by atoms with van der Waals surface area (Å²) < 4.78 is 16.6. The highest BCUT2D eigenvalue weighted by Crippen LogP contribution is 2.29. The first-order valence-corrected chi connectivity index (χ1v) is 6.67. The van der Waals surface area contributed by atoms with E-state index in [2.05, 4.69) is 24.1 Å². The molecule has 1 aromatic rings. The van der Waals surface area contributed by atoms with Gasteiger partial charge in [0.05, 0.1) is 13.2 Å². The quantitative estimate of drug-likeness (QED) is 0.780. The maximum Gasteiger partial charge on any atom is 0.133 e. The molecule has 0 spiro atoms. The fraction of sp³-hybridized carbons (Fsp3) is 0.714. The number of furan rings is 1. The first kappa shape index (κ1) is 13.6. The lowest BCUT2D eigenvalue weighted by Gasteiger charge is -2.20. The molecule has 0 N–H and O–H groups in total. The Labute approximate surface area is 109 Å². The van der Waals surface area contributed by atoms with E-state index >= 15 is 0 Å². The van der Waals surface area contributed by atoms with Crippen molar-refractivity contribution < 1.29 is 13.9 Å². The van der Waals surface area contributed by atoms with Crippen LogP contribution in [0.15, 0.2) is 16.5 Å². The van der Waals surface area contributed by atoms with E-state index in [9.17, 15) is 0 Å². The van der Waals surface area contributed by atoms with E-state index < -0.39 is 0 Å². The summed E-state index contributed by atoms with van der Waals surface area (Å²) in [6.07, 6.45) is 3.64. The van der Waals surface area contributed by atoms with Gasteiger partial charge in [-0.25, -0.2) is 0 Å². The van der Waals surface area contributed by atoms with E-state index in [1.807, 2.05) is 0 Å². The zero-order valence-electron chi connectivity index (χ0n) is 11.4. The van der Waals surface area contributed by atoms with Crippen molar-refractivity contribution in [2.45, 2.75) is 31.9 Å². The normalized spacial score (nSPS) is 20.5. The van der Waals surface area contributed by atoms with E-state index in [1.165, 1.54) is 12.8 Å². The number of ether oxygens (including phenoxy) is 2. The lowest BCUT2D eigenvalue weighted by Crippen LogP contribution is -2.22. The summed E-state index contributed by atoms with van der Waals surface area (Å²) in [6, 6.07) is 4.10. The average Bonchev–Trinajstić information content (AvgIpc) is 2.86. The van der Waals surface area contributed by atoms with Crippen LogP contribution in [0.5, 0.6) is 0 Å². The number of likely N-dealkylation sites (N-methyl/N-ethyl adjacent to an activating group) is 1. The Kier molecular flexibility index (Phi) is 5.23. The zero-order chi connectivity index (χ0) is 12.8. The molecule has 4 heteroatoms. The molecule has 102 valence electrons. The molecule has 0 amide bonds. The Morgan fingerprint density at radius 1 is 1.39 bits per heavy atom. The van der Waals surface area contributed by atoms with Crippen LogP contribution >= 0.6 is 0 Å². The third kappa shape index (κ3) is 3.83. The molecule has 0 saturated carbocycles. The molecule has 0 aliphatic carbocycles. The van der Waals surface area contributed by atoms with E-state index in [0.717, 1.165) is 44.2 Å². The van der Waals surface area contributed by atoms with Gasteiger partial charge in [0.15, 0.2) is 0 Å². The Balaban J connectivity index is 1.85. The van der Waals surface area contributed by atoms with Crippen molar-refractivity contribution in [1.29, 1.82) is 0 Å². The molecule has 1 aliphatic rings. The minimum atomic E-state index is 0.164. The minimum Gasteiger partial charge on any atom is -0.462 e. The van der Waals surface area contributed by atoms with Crippen molar-refractivity contribution in [2.75, 3.05) is 33.9 Å². The summed E-state index contributed by atoms with van der Waals surface area (Å²) in [5.41, 5.74) is 0. The van der Waals surface area contributed by atoms with Gasteiger partial charge in [-0.3, -0.25) is 4.90 Å². The summed E-state index contributed by atoms with van der Waals surface area (Å²) in [7, 11) is 3.79. The number of nitrogens with zero attached hydrogens (tertiary/aromatic N) is 1. The smallest absolute Gasteiger partial charge is 0.133 e. The number of methoxy groups -OCH3 is 1. The predicted octanol–water partition coefficient (Wildman–Crippen LogP) is 2.60. The molecule has 2 heterocycles. The van der Waals surface area contributed by atoms with Crippen LogP contribution in [0, 0.1) is 0 Å². The van der Waals surface area contributed by atoms with Gasteiger partial charge in [0, 0.05) is 20.3 Å². The average molecular weight is 253 g/mol. The zero-order valence-corrected chi connectivity index (χ0v) is 11.4. The standard InChI is InChI=1S/C14H23NO3/c1-15(8-10-16-2)11-12-6-7-14(18-12)13-5-3-4-9-17-13/h6-7,13H,3-5,8-11H2,1-2H3. The molecule has 0 bridgehead atoms. The van der Waals surface area contributed by atoms with Crippen LogP contribution in [0.2, 0.25) is 0 Å². The minimum absolute atomic E-state index is 0.164. The molecule has 2 rings (SSSR count). The highest BCUT2D eigenvalue weighted by molar-refractivity contribution is 5.10. The predicted molar refractivity (Wildman–Crippen MR) is 69.5 cm³/mol. The molecular weight excluding hydrogens is 230 g/mol. The van der Waals surface area contributed by atoms with Crippen LogP contribution in [-0.4, -0.2) is 38.8 Å². The molecule has 1 aromatic heterocycles. The molecular formula is C14H23NO3.